The molecule has 1 aromatic heterocycles. The summed E-state index contributed by atoms with van der Waals surface area (Å²) in [7, 11) is -3.51. The quantitative estimate of drug-likeness (QED) is 0.628. The van der Waals surface area contributed by atoms with Gasteiger partial charge in [0, 0.05) is 43.0 Å². The van der Waals surface area contributed by atoms with Crippen LogP contribution in [0.5, 0.6) is 0 Å². The lowest BCUT2D eigenvalue weighted by Gasteiger charge is -2.26. The Morgan fingerprint density at radius 2 is 2.04 bits per heavy atom. The number of hydrogen-bond acceptors (Lipinski definition) is 6. The van der Waals surface area contributed by atoms with E-state index in [4.69, 9.17) is 5.73 Å². The number of fused-ring (bicyclic) bond motifs is 1. The lowest BCUT2D eigenvalue weighted by Crippen LogP contribution is -2.41. The Labute approximate surface area is 189 Å². The van der Waals surface area contributed by atoms with Crippen molar-refractivity contribution in [3.8, 4) is 0 Å². The Morgan fingerprint density at radius 3 is 2.75 bits per heavy atom. The highest BCUT2D eigenvalue weighted by Gasteiger charge is 2.30. The average molecular weight is 490 g/mol. The number of rotatable bonds is 5. The summed E-state index contributed by atoms with van der Waals surface area (Å²) in [6.07, 6.45) is 2.54. The fourth-order valence-corrected chi connectivity index (χ4v) is 5.54. The predicted molar refractivity (Wildman–Crippen MR) is 124 cm³/mol. The molecule has 0 aliphatic carbocycles. The number of hydrogen-bond donors (Lipinski definition) is 2. The first kappa shape index (κ1) is 27.7. The van der Waals surface area contributed by atoms with Gasteiger partial charge in [-0.25, -0.2) is 13.4 Å². The predicted octanol–water partition coefficient (Wildman–Crippen LogP) is 2.92. The average Bonchev–Trinajstić information content (AvgIpc) is 2.84. The van der Waals surface area contributed by atoms with E-state index in [0.29, 0.717) is 24.5 Å². The van der Waals surface area contributed by atoms with Crippen molar-refractivity contribution in [3.05, 3.63) is 30.5 Å². The molecular weight excluding hydrogens is 463 g/mol. The SMILES string of the molecule is C[C@H]1CNCCCN1S(=O)(=O)c1ccc2c(SCCN)nccc2c1.Cl.Cl.Cl. The van der Waals surface area contributed by atoms with Crippen LogP contribution >= 0.6 is 49.0 Å². The van der Waals surface area contributed by atoms with Crippen molar-refractivity contribution in [1.82, 2.24) is 14.6 Å². The van der Waals surface area contributed by atoms with Gasteiger partial charge in [-0.1, -0.05) is 6.07 Å². The van der Waals surface area contributed by atoms with Crippen LogP contribution in [0.3, 0.4) is 0 Å². The summed E-state index contributed by atoms with van der Waals surface area (Å²) in [6.45, 7) is 4.60. The van der Waals surface area contributed by atoms with Crippen molar-refractivity contribution in [3.63, 3.8) is 0 Å². The Hall–Kier alpha value is -0.320. The third-order valence-corrected chi connectivity index (χ3v) is 7.37. The van der Waals surface area contributed by atoms with Gasteiger partial charge in [0.2, 0.25) is 10.0 Å². The number of sulfonamides is 1. The Bertz CT molecular complexity index is 855. The van der Waals surface area contributed by atoms with E-state index in [1.807, 2.05) is 19.1 Å². The van der Waals surface area contributed by atoms with Crippen molar-refractivity contribution in [2.24, 2.45) is 5.73 Å². The molecule has 160 valence electrons. The van der Waals surface area contributed by atoms with Crippen LogP contribution < -0.4 is 11.1 Å². The summed E-state index contributed by atoms with van der Waals surface area (Å²) in [4.78, 5) is 4.73. The third kappa shape index (κ3) is 6.09. The summed E-state index contributed by atoms with van der Waals surface area (Å²) in [6, 6.07) is 7.10. The first-order chi connectivity index (χ1) is 12.0. The number of pyridine rings is 1. The van der Waals surface area contributed by atoms with Gasteiger partial charge in [-0.15, -0.1) is 49.0 Å². The molecule has 1 atom stereocenters. The lowest BCUT2D eigenvalue weighted by atomic mass is 10.2. The number of nitrogens with one attached hydrogen (secondary N) is 1. The van der Waals surface area contributed by atoms with Crippen LogP contribution in [0.2, 0.25) is 0 Å². The normalized spacial score (nSPS) is 17.7. The van der Waals surface area contributed by atoms with Crippen molar-refractivity contribution >= 4 is 69.8 Å². The molecule has 1 aliphatic heterocycles. The fraction of sp³-hybridized carbons (Fsp3) is 0.471. The highest BCUT2D eigenvalue weighted by Crippen LogP contribution is 2.29. The highest BCUT2D eigenvalue weighted by atomic mass is 35.5. The van der Waals surface area contributed by atoms with Gasteiger partial charge in [-0.05, 0) is 43.5 Å². The standard InChI is InChI=1S/C17H24N4O2S2.3ClH/c1-13-12-19-7-2-9-21(13)25(22,23)15-3-4-16-14(11-15)5-8-20-17(16)24-10-6-18;;;/h3-5,8,11,13,19H,2,6-7,9-10,12,18H2,1H3;3*1H/t13-;;;/m0.../s1. The third-order valence-electron chi connectivity index (χ3n) is 4.33. The molecule has 1 saturated heterocycles. The zero-order valence-electron chi connectivity index (χ0n) is 15.5. The van der Waals surface area contributed by atoms with Crippen molar-refractivity contribution < 1.29 is 8.42 Å². The van der Waals surface area contributed by atoms with E-state index < -0.39 is 10.0 Å². The van der Waals surface area contributed by atoms with Crippen molar-refractivity contribution in [2.45, 2.75) is 29.3 Å². The molecule has 2 aromatic rings. The first-order valence-electron chi connectivity index (χ1n) is 8.48. The molecule has 1 aromatic carbocycles. The van der Waals surface area contributed by atoms with Crippen LogP contribution in [0.4, 0.5) is 0 Å². The lowest BCUT2D eigenvalue weighted by molar-refractivity contribution is 0.353. The van der Waals surface area contributed by atoms with Crippen LogP contribution in [-0.4, -0.2) is 55.7 Å². The van der Waals surface area contributed by atoms with Gasteiger partial charge in [0.1, 0.15) is 5.03 Å². The summed E-state index contributed by atoms with van der Waals surface area (Å²) in [5, 5.41) is 6.02. The smallest absolute Gasteiger partial charge is 0.243 e. The van der Waals surface area contributed by atoms with Crippen LogP contribution in [0.15, 0.2) is 40.4 Å². The molecule has 0 amide bonds. The zero-order valence-corrected chi connectivity index (χ0v) is 19.6. The summed E-state index contributed by atoms with van der Waals surface area (Å²) in [5.74, 6) is 0.782. The topological polar surface area (TPSA) is 88.3 Å². The van der Waals surface area contributed by atoms with E-state index in [0.717, 1.165) is 34.5 Å². The van der Waals surface area contributed by atoms with E-state index >= 15 is 0 Å². The molecule has 3 N–H and O–H groups in total. The highest BCUT2D eigenvalue weighted by molar-refractivity contribution is 7.99. The van der Waals surface area contributed by atoms with E-state index in [9.17, 15) is 8.42 Å². The van der Waals surface area contributed by atoms with Gasteiger partial charge < -0.3 is 11.1 Å². The van der Waals surface area contributed by atoms with Gasteiger partial charge in [0.15, 0.2) is 0 Å². The summed E-state index contributed by atoms with van der Waals surface area (Å²) in [5.41, 5.74) is 5.57. The summed E-state index contributed by atoms with van der Waals surface area (Å²) >= 11 is 1.59. The minimum atomic E-state index is -3.51. The maximum Gasteiger partial charge on any atom is 0.243 e. The van der Waals surface area contributed by atoms with Crippen LogP contribution in [0.1, 0.15) is 13.3 Å². The molecule has 1 aliphatic rings. The number of halogens is 3. The van der Waals surface area contributed by atoms with Gasteiger partial charge in [0.05, 0.1) is 4.90 Å². The van der Waals surface area contributed by atoms with Gasteiger partial charge in [0.25, 0.3) is 0 Å². The Balaban J connectivity index is 0.00000243. The van der Waals surface area contributed by atoms with Crippen LogP contribution in [0.25, 0.3) is 10.8 Å². The van der Waals surface area contributed by atoms with E-state index in [1.54, 1.807) is 34.4 Å². The maximum atomic E-state index is 13.1. The number of benzene rings is 1. The monoisotopic (exact) mass is 488 g/mol. The van der Waals surface area contributed by atoms with Crippen LogP contribution in [0, 0.1) is 0 Å². The molecule has 3 rings (SSSR count). The van der Waals surface area contributed by atoms with Gasteiger partial charge in [-0.3, -0.25) is 0 Å². The number of thioether (sulfide) groups is 1. The van der Waals surface area contributed by atoms with Crippen LogP contribution in [-0.2, 0) is 10.0 Å². The van der Waals surface area contributed by atoms with Crippen molar-refractivity contribution in [1.29, 1.82) is 0 Å². The zero-order chi connectivity index (χ0) is 17.9. The Morgan fingerprint density at radius 1 is 1.29 bits per heavy atom. The second kappa shape index (κ2) is 12.4. The van der Waals surface area contributed by atoms with E-state index in [1.165, 1.54) is 0 Å². The molecule has 28 heavy (non-hydrogen) atoms. The Kier molecular flexibility index (Phi) is 12.3. The molecule has 1 fully saturated rings. The molecule has 2 heterocycles. The molecule has 11 heteroatoms. The molecule has 6 nitrogen and oxygen atoms in total. The minimum Gasteiger partial charge on any atom is -0.330 e. The van der Waals surface area contributed by atoms with Gasteiger partial charge >= 0.3 is 0 Å². The second-order valence-corrected chi connectivity index (χ2v) is 9.13. The van der Waals surface area contributed by atoms with Crippen molar-refractivity contribution in [2.75, 3.05) is 31.9 Å². The molecule has 0 unspecified atom stereocenters. The molecule has 0 bridgehead atoms. The minimum absolute atomic E-state index is 0. The number of nitrogens with zero attached hydrogens (tertiary/aromatic N) is 2. The van der Waals surface area contributed by atoms with E-state index in [-0.39, 0.29) is 43.3 Å². The fourth-order valence-electron chi connectivity index (χ4n) is 3.04. The molecule has 0 saturated carbocycles. The molecule has 0 spiro atoms. The van der Waals surface area contributed by atoms with Gasteiger partial charge in [-0.2, -0.15) is 4.31 Å². The second-order valence-electron chi connectivity index (χ2n) is 6.16. The first-order valence-corrected chi connectivity index (χ1v) is 10.9. The number of aromatic nitrogens is 1. The number of nitrogens with two attached hydrogens (primary N) is 1. The molecule has 0 radical (unpaired) electrons. The maximum absolute atomic E-state index is 13.1. The summed E-state index contributed by atoms with van der Waals surface area (Å²) < 4.78 is 27.8. The molecular formula is C17H27Cl3N4O2S2. The largest absolute Gasteiger partial charge is 0.330 e. The van der Waals surface area contributed by atoms with E-state index in [2.05, 4.69) is 10.3 Å².